The number of benzene rings is 1. The molecule has 1 aromatic carbocycles. The van der Waals surface area contributed by atoms with Crippen LogP contribution in [-0.2, 0) is 4.79 Å². The van der Waals surface area contributed by atoms with Gasteiger partial charge in [-0.05, 0) is 51.0 Å². The van der Waals surface area contributed by atoms with Crippen LogP contribution in [0.15, 0.2) is 36.4 Å². The van der Waals surface area contributed by atoms with Crippen molar-refractivity contribution in [1.82, 2.24) is 0 Å². The predicted octanol–water partition coefficient (Wildman–Crippen LogP) is 6.04. The minimum Gasteiger partial charge on any atom is -0.449 e. The van der Waals surface area contributed by atoms with Gasteiger partial charge in [0.1, 0.15) is 5.00 Å². The standard InChI is InChI=1S/C22H27NO4S/c1-14(2)23(20(24)17-11-9-15(3)10-12-17)21-18(27-22(25)26)13-19(28-21)16-7-5-4-6-8-16/h4-8,13-15,17H,9-12H2,1-3H3,(H,25,26). The summed E-state index contributed by atoms with van der Waals surface area (Å²) in [5.41, 5.74) is 0.969. The van der Waals surface area contributed by atoms with Crippen LogP contribution in [0.5, 0.6) is 5.75 Å². The molecule has 1 aliphatic carbocycles. The summed E-state index contributed by atoms with van der Waals surface area (Å²) in [6.07, 6.45) is 2.51. The third kappa shape index (κ3) is 4.55. The third-order valence-electron chi connectivity index (χ3n) is 5.27. The lowest BCUT2D eigenvalue weighted by molar-refractivity contribution is -0.123. The SMILES string of the molecule is CC1CCC(C(=O)N(c2sc(-c3ccccc3)cc2OC(=O)O)C(C)C)CC1. The number of hydrogen-bond donors (Lipinski definition) is 1. The van der Waals surface area contributed by atoms with Gasteiger partial charge in [0, 0.05) is 22.9 Å². The molecule has 1 N–H and O–H groups in total. The summed E-state index contributed by atoms with van der Waals surface area (Å²) in [4.78, 5) is 27.2. The maximum absolute atomic E-state index is 13.4. The predicted molar refractivity (Wildman–Crippen MR) is 112 cm³/mol. The average Bonchev–Trinajstić information content (AvgIpc) is 3.05. The van der Waals surface area contributed by atoms with E-state index >= 15 is 0 Å². The Labute approximate surface area is 169 Å². The van der Waals surface area contributed by atoms with Gasteiger partial charge in [0.05, 0.1) is 0 Å². The molecule has 0 radical (unpaired) electrons. The Kier molecular flexibility index (Phi) is 6.39. The molecule has 0 bridgehead atoms. The molecule has 0 aliphatic heterocycles. The number of rotatable bonds is 5. The topological polar surface area (TPSA) is 66.8 Å². The van der Waals surface area contributed by atoms with E-state index in [9.17, 15) is 14.7 Å². The van der Waals surface area contributed by atoms with Crippen molar-refractivity contribution in [3.05, 3.63) is 36.4 Å². The summed E-state index contributed by atoms with van der Waals surface area (Å²) in [7, 11) is 0. The lowest BCUT2D eigenvalue weighted by atomic mass is 9.82. The molecule has 150 valence electrons. The summed E-state index contributed by atoms with van der Waals surface area (Å²) in [6.45, 7) is 6.14. The van der Waals surface area contributed by atoms with Crippen molar-refractivity contribution in [1.29, 1.82) is 0 Å². The van der Waals surface area contributed by atoms with Crippen molar-refractivity contribution in [2.45, 2.75) is 52.5 Å². The van der Waals surface area contributed by atoms with E-state index < -0.39 is 6.16 Å². The van der Waals surface area contributed by atoms with Crippen molar-refractivity contribution in [2.24, 2.45) is 11.8 Å². The molecule has 2 aromatic rings. The van der Waals surface area contributed by atoms with Gasteiger partial charge in [-0.15, -0.1) is 11.3 Å². The van der Waals surface area contributed by atoms with Crippen LogP contribution in [0.1, 0.15) is 46.5 Å². The van der Waals surface area contributed by atoms with Crippen LogP contribution in [0, 0.1) is 11.8 Å². The smallest absolute Gasteiger partial charge is 0.449 e. The van der Waals surface area contributed by atoms with E-state index in [1.54, 1.807) is 11.0 Å². The van der Waals surface area contributed by atoms with Gasteiger partial charge in [-0.25, -0.2) is 4.79 Å². The number of ether oxygens (including phenoxy) is 1. The molecule has 1 saturated carbocycles. The Bertz CT molecular complexity index is 822. The zero-order valence-electron chi connectivity index (χ0n) is 16.6. The zero-order valence-corrected chi connectivity index (χ0v) is 17.4. The van der Waals surface area contributed by atoms with Crippen molar-refractivity contribution in [3.8, 4) is 16.2 Å². The van der Waals surface area contributed by atoms with E-state index in [0.29, 0.717) is 10.9 Å². The summed E-state index contributed by atoms with van der Waals surface area (Å²) < 4.78 is 5.07. The van der Waals surface area contributed by atoms with Gasteiger partial charge in [0.2, 0.25) is 5.91 Å². The molecule has 1 aliphatic rings. The van der Waals surface area contributed by atoms with E-state index in [2.05, 4.69) is 6.92 Å². The Hall–Kier alpha value is -2.34. The van der Waals surface area contributed by atoms with Crippen LogP contribution in [0.4, 0.5) is 9.80 Å². The maximum atomic E-state index is 13.4. The Balaban J connectivity index is 1.98. The number of carbonyl (C=O) groups is 2. The minimum absolute atomic E-state index is 0.0152. The van der Waals surface area contributed by atoms with E-state index in [1.807, 2.05) is 44.2 Å². The summed E-state index contributed by atoms with van der Waals surface area (Å²) in [6, 6.07) is 11.3. The number of amides is 1. The quantitative estimate of drug-likeness (QED) is 0.620. The van der Waals surface area contributed by atoms with E-state index in [1.165, 1.54) is 11.3 Å². The number of thiophene rings is 1. The highest BCUT2D eigenvalue weighted by molar-refractivity contribution is 7.20. The molecule has 5 nitrogen and oxygen atoms in total. The van der Waals surface area contributed by atoms with Gasteiger partial charge < -0.3 is 9.84 Å². The van der Waals surface area contributed by atoms with E-state index in [4.69, 9.17) is 4.74 Å². The summed E-state index contributed by atoms with van der Waals surface area (Å²) in [5, 5.41) is 9.76. The van der Waals surface area contributed by atoms with Crippen molar-refractivity contribution in [3.63, 3.8) is 0 Å². The fourth-order valence-corrected chi connectivity index (χ4v) is 4.97. The van der Waals surface area contributed by atoms with Crippen molar-refractivity contribution in [2.75, 3.05) is 4.90 Å². The Morgan fingerprint density at radius 3 is 2.36 bits per heavy atom. The van der Waals surface area contributed by atoms with Gasteiger partial charge >= 0.3 is 6.16 Å². The average molecular weight is 402 g/mol. The normalized spacial score (nSPS) is 19.4. The van der Waals surface area contributed by atoms with Gasteiger partial charge in [-0.3, -0.25) is 9.69 Å². The van der Waals surface area contributed by atoms with Crippen molar-refractivity contribution < 1.29 is 19.4 Å². The van der Waals surface area contributed by atoms with Crippen LogP contribution >= 0.6 is 11.3 Å². The first-order valence-corrected chi connectivity index (χ1v) is 10.6. The van der Waals surface area contributed by atoms with Crippen LogP contribution in [-0.4, -0.2) is 23.2 Å². The van der Waals surface area contributed by atoms with Gasteiger partial charge in [0.15, 0.2) is 5.75 Å². The van der Waals surface area contributed by atoms with Gasteiger partial charge in [0.25, 0.3) is 0 Å². The zero-order chi connectivity index (χ0) is 20.3. The second-order valence-electron chi connectivity index (χ2n) is 7.77. The van der Waals surface area contributed by atoms with Crippen LogP contribution in [0.3, 0.4) is 0 Å². The van der Waals surface area contributed by atoms with Gasteiger partial charge in [-0.1, -0.05) is 37.3 Å². The van der Waals surface area contributed by atoms with Crippen LogP contribution in [0.25, 0.3) is 10.4 Å². The molecule has 0 saturated heterocycles. The molecule has 1 heterocycles. The van der Waals surface area contributed by atoms with Crippen LogP contribution < -0.4 is 9.64 Å². The monoisotopic (exact) mass is 401 g/mol. The highest BCUT2D eigenvalue weighted by Gasteiger charge is 2.33. The van der Waals surface area contributed by atoms with Crippen molar-refractivity contribution >= 4 is 28.4 Å². The van der Waals surface area contributed by atoms with E-state index in [0.717, 1.165) is 36.1 Å². The first-order valence-electron chi connectivity index (χ1n) is 9.80. The molecular weight excluding hydrogens is 374 g/mol. The van der Waals surface area contributed by atoms with Gasteiger partial charge in [-0.2, -0.15) is 0 Å². The molecule has 1 aromatic heterocycles. The van der Waals surface area contributed by atoms with E-state index in [-0.39, 0.29) is 23.6 Å². The number of carbonyl (C=O) groups excluding carboxylic acids is 1. The van der Waals surface area contributed by atoms with Crippen LogP contribution in [0.2, 0.25) is 0 Å². The molecule has 1 fully saturated rings. The number of carboxylic acid groups (broad SMARTS) is 1. The maximum Gasteiger partial charge on any atom is 0.511 e. The molecule has 0 spiro atoms. The molecule has 28 heavy (non-hydrogen) atoms. The second kappa shape index (κ2) is 8.78. The second-order valence-corrected chi connectivity index (χ2v) is 8.80. The fraction of sp³-hybridized carbons (Fsp3) is 0.455. The molecule has 0 atom stereocenters. The number of anilines is 1. The highest BCUT2D eigenvalue weighted by Crippen LogP contribution is 2.45. The Morgan fingerprint density at radius 2 is 1.79 bits per heavy atom. The number of hydrogen-bond acceptors (Lipinski definition) is 4. The highest BCUT2D eigenvalue weighted by atomic mass is 32.1. The fourth-order valence-electron chi connectivity index (χ4n) is 3.74. The molecular formula is C22H27NO4S. The number of nitrogens with zero attached hydrogens (tertiary/aromatic N) is 1. The summed E-state index contributed by atoms with van der Waals surface area (Å²) in [5.74, 6) is 0.939. The molecule has 3 rings (SSSR count). The lowest BCUT2D eigenvalue weighted by Crippen LogP contribution is -2.42. The molecule has 6 heteroatoms. The third-order valence-corrected chi connectivity index (χ3v) is 6.44. The molecule has 0 unspecified atom stereocenters. The lowest BCUT2D eigenvalue weighted by Gasteiger charge is -2.33. The Morgan fingerprint density at radius 1 is 1.14 bits per heavy atom. The minimum atomic E-state index is -1.37. The first-order chi connectivity index (χ1) is 13.4. The largest absolute Gasteiger partial charge is 0.511 e. The summed E-state index contributed by atoms with van der Waals surface area (Å²) >= 11 is 1.40. The molecule has 1 amide bonds. The first kappa shape index (κ1) is 20.4.